The minimum atomic E-state index is -0.640. The van der Waals surface area contributed by atoms with Gasteiger partial charge in [0.2, 0.25) is 0 Å². The molecular formula is C13H19NO3. The lowest BCUT2D eigenvalue weighted by molar-refractivity contribution is -0.154. The maximum absolute atomic E-state index is 11.7. The van der Waals surface area contributed by atoms with Crippen LogP contribution in [0.25, 0.3) is 0 Å². The fourth-order valence-electron chi connectivity index (χ4n) is 1.19. The Morgan fingerprint density at radius 2 is 2.12 bits per heavy atom. The van der Waals surface area contributed by atoms with Crippen LogP contribution >= 0.6 is 0 Å². The van der Waals surface area contributed by atoms with Crippen molar-refractivity contribution in [1.82, 2.24) is 0 Å². The van der Waals surface area contributed by atoms with Crippen LogP contribution in [-0.4, -0.2) is 19.6 Å². The number of methoxy groups -OCH3 is 1. The van der Waals surface area contributed by atoms with Gasteiger partial charge in [-0.3, -0.25) is 4.79 Å². The zero-order valence-electron chi connectivity index (χ0n) is 10.5. The first kappa shape index (κ1) is 13.5. The van der Waals surface area contributed by atoms with E-state index in [1.807, 2.05) is 24.3 Å². The first-order valence-corrected chi connectivity index (χ1v) is 5.50. The summed E-state index contributed by atoms with van der Waals surface area (Å²) in [6, 6.07) is 7.42. The lowest BCUT2D eigenvalue weighted by atomic mass is 9.94. The molecule has 1 rings (SSSR count). The number of benzene rings is 1. The van der Waals surface area contributed by atoms with Gasteiger partial charge >= 0.3 is 5.97 Å². The Morgan fingerprint density at radius 3 is 2.71 bits per heavy atom. The molecule has 0 amide bonds. The van der Waals surface area contributed by atoms with Crippen molar-refractivity contribution in [1.29, 1.82) is 0 Å². The maximum Gasteiger partial charge on any atom is 0.313 e. The van der Waals surface area contributed by atoms with Gasteiger partial charge in [-0.05, 0) is 31.5 Å². The van der Waals surface area contributed by atoms with E-state index in [4.69, 9.17) is 15.2 Å². The highest BCUT2D eigenvalue weighted by Crippen LogP contribution is 2.18. The van der Waals surface area contributed by atoms with Crippen molar-refractivity contribution in [3.63, 3.8) is 0 Å². The van der Waals surface area contributed by atoms with Crippen molar-refractivity contribution in [3.8, 4) is 5.75 Å². The van der Waals surface area contributed by atoms with Gasteiger partial charge in [-0.2, -0.15) is 0 Å². The van der Waals surface area contributed by atoms with Crippen LogP contribution in [0.2, 0.25) is 0 Å². The van der Waals surface area contributed by atoms with Gasteiger partial charge < -0.3 is 15.2 Å². The van der Waals surface area contributed by atoms with E-state index in [0.29, 0.717) is 0 Å². The molecule has 0 aliphatic heterocycles. The van der Waals surface area contributed by atoms with Gasteiger partial charge in [0.05, 0.1) is 12.5 Å². The fraction of sp³-hybridized carbons (Fsp3) is 0.462. The van der Waals surface area contributed by atoms with Crippen LogP contribution in [0.3, 0.4) is 0 Å². The van der Waals surface area contributed by atoms with E-state index < -0.39 is 5.41 Å². The summed E-state index contributed by atoms with van der Waals surface area (Å²) in [5.74, 6) is 0.458. The molecule has 0 bridgehead atoms. The van der Waals surface area contributed by atoms with Crippen molar-refractivity contribution in [3.05, 3.63) is 29.8 Å². The van der Waals surface area contributed by atoms with Gasteiger partial charge in [0.15, 0.2) is 0 Å². The van der Waals surface area contributed by atoms with Crippen molar-refractivity contribution in [2.24, 2.45) is 11.1 Å². The van der Waals surface area contributed by atoms with Gasteiger partial charge in [-0.25, -0.2) is 0 Å². The normalized spacial score (nSPS) is 11.1. The van der Waals surface area contributed by atoms with E-state index in [1.54, 1.807) is 21.0 Å². The molecule has 0 aliphatic rings. The standard InChI is InChI=1S/C13H19NO3/c1-13(2,9-14)12(15)17-8-10-5-4-6-11(7-10)16-3/h4-7H,8-9,14H2,1-3H3. The van der Waals surface area contributed by atoms with E-state index in [9.17, 15) is 4.79 Å². The molecule has 2 N–H and O–H groups in total. The molecule has 0 spiro atoms. The number of hydrogen-bond donors (Lipinski definition) is 1. The summed E-state index contributed by atoms with van der Waals surface area (Å²) in [7, 11) is 1.60. The Kier molecular flexibility index (Phi) is 4.52. The summed E-state index contributed by atoms with van der Waals surface area (Å²) in [4.78, 5) is 11.7. The molecule has 1 aromatic carbocycles. The Balaban J connectivity index is 2.58. The molecule has 0 saturated heterocycles. The number of ether oxygens (including phenoxy) is 2. The van der Waals surface area contributed by atoms with Gasteiger partial charge in [0, 0.05) is 6.54 Å². The van der Waals surface area contributed by atoms with Crippen molar-refractivity contribution < 1.29 is 14.3 Å². The van der Waals surface area contributed by atoms with Gasteiger partial charge in [-0.1, -0.05) is 12.1 Å². The number of carbonyl (C=O) groups excluding carboxylic acids is 1. The van der Waals surface area contributed by atoms with Crippen LogP contribution in [0, 0.1) is 5.41 Å². The third kappa shape index (κ3) is 3.75. The Bertz CT molecular complexity index is 388. The molecule has 0 radical (unpaired) electrons. The summed E-state index contributed by atoms with van der Waals surface area (Å²) < 4.78 is 10.3. The largest absolute Gasteiger partial charge is 0.497 e. The van der Waals surface area contributed by atoms with E-state index in [0.717, 1.165) is 11.3 Å². The smallest absolute Gasteiger partial charge is 0.313 e. The van der Waals surface area contributed by atoms with Crippen LogP contribution in [0.4, 0.5) is 0 Å². The highest BCUT2D eigenvalue weighted by atomic mass is 16.5. The monoisotopic (exact) mass is 237 g/mol. The molecule has 0 fully saturated rings. The van der Waals surface area contributed by atoms with Crippen LogP contribution in [0.5, 0.6) is 5.75 Å². The molecule has 0 unspecified atom stereocenters. The molecule has 4 nitrogen and oxygen atoms in total. The minimum absolute atomic E-state index is 0.236. The first-order valence-electron chi connectivity index (χ1n) is 5.50. The summed E-state index contributed by atoms with van der Waals surface area (Å²) in [6.07, 6.45) is 0. The van der Waals surface area contributed by atoms with E-state index in [-0.39, 0.29) is 19.1 Å². The van der Waals surface area contributed by atoms with Crippen LogP contribution < -0.4 is 10.5 Å². The number of esters is 1. The highest BCUT2D eigenvalue weighted by molar-refractivity contribution is 5.76. The van der Waals surface area contributed by atoms with Crippen LogP contribution in [0.1, 0.15) is 19.4 Å². The molecule has 0 heterocycles. The summed E-state index contributed by atoms with van der Waals surface area (Å²) >= 11 is 0. The summed E-state index contributed by atoms with van der Waals surface area (Å²) in [6.45, 7) is 4.03. The topological polar surface area (TPSA) is 61.5 Å². The highest BCUT2D eigenvalue weighted by Gasteiger charge is 2.27. The molecule has 0 saturated carbocycles. The van der Waals surface area contributed by atoms with Gasteiger partial charge in [0.1, 0.15) is 12.4 Å². The molecule has 0 aromatic heterocycles. The zero-order valence-corrected chi connectivity index (χ0v) is 10.5. The predicted molar refractivity (Wildman–Crippen MR) is 65.6 cm³/mol. The molecule has 94 valence electrons. The van der Waals surface area contributed by atoms with E-state index in [1.165, 1.54) is 0 Å². The first-order chi connectivity index (χ1) is 7.99. The molecule has 0 aliphatic carbocycles. The average Bonchev–Trinajstić information content (AvgIpc) is 2.36. The van der Waals surface area contributed by atoms with Crippen molar-refractivity contribution in [2.75, 3.05) is 13.7 Å². The second-order valence-electron chi connectivity index (χ2n) is 4.52. The Hall–Kier alpha value is -1.55. The summed E-state index contributed by atoms with van der Waals surface area (Å²) in [5.41, 5.74) is 5.75. The lowest BCUT2D eigenvalue weighted by Crippen LogP contribution is -2.34. The molecular weight excluding hydrogens is 218 g/mol. The Labute approximate surface area is 102 Å². The molecule has 1 aromatic rings. The fourth-order valence-corrected chi connectivity index (χ4v) is 1.19. The number of hydrogen-bond acceptors (Lipinski definition) is 4. The third-order valence-corrected chi connectivity index (χ3v) is 2.57. The van der Waals surface area contributed by atoms with Crippen molar-refractivity contribution >= 4 is 5.97 Å². The maximum atomic E-state index is 11.7. The van der Waals surface area contributed by atoms with E-state index >= 15 is 0 Å². The number of nitrogens with two attached hydrogens (primary N) is 1. The number of rotatable bonds is 5. The molecule has 17 heavy (non-hydrogen) atoms. The van der Waals surface area contributed by atoms with Gasteiger partial charge in [-0.15, -0.1) is 0 Å². The van der Waals surface area contributed by atoms with Crippen LogP contribution in [-0.2, 0) is 16.1 Å². The molecule has 0 atom stereocenters. The Morgan fingerprint density at radius 1 is 1.41 bits per heavy atom. The number of carbonyl (C=O) groups is 1. The molecule has 4 heteroatoms. The lowest BCUT2D eigenvalue weighted by Gasteiger charge is -2.20. The zero-order chi connectivity index (χ0) is 12.9. The quantitative estimate of drug-likeness (QED) is 0.792. The summed E-state index contributed by atoms with van der Waals surface area (Å²) in [5, 5.41) is 0. The van der Waals surface area contributed by atoms with E-state index in [2.05, 4.69) is 0 Å². The predicted octanol–water partition coefficient (Wildman–Crippen LogP) is 1.72. The third-order valence-electron chi connectivity index (χ3n) is 2.57. The van der Waals surface area contributed by atoms with Crippen LogP contribution in [0.15, 0.2) is 24.3 Å². The second kappa shape index (κ2) is 5.68. The minimum Gasteiger partial charge on any atom is -0.497 e. The SMILES string of the molecule is COc1cccc(COC(=O)C(C)(C)CN)c1. The average molecular weight is 237 g/mol. The van der Waals surface area contributed by atoms with Gasteiger partial charge in [0.25, 0.3) is 0 Å². The second-order valence-corrected chi connectivity index (χ2v) is 4.52. The van der Waals surface area contributed by atoms with Crippen molar-refractivity contribution in [2.45, 2.75) is 20.5 Å².